The van der Waals surface area contributed by atoms with Gasteiger partial charge in [0, 0.05) is 14.1 Å². The Morgan fingerprint density at radius 3 is 2.58 bits per heavy atom. The van der Waals surface area contributed by atoms with Crippen molar-refractivity contribution in [3.05, 3.63) is 59.1 Å². The zero-order valence-corrected chi connectivity index (χ0v) is 19.3. The number of rotatable bonds is 6. The first-order valence-electron chi connectivity index (χ1n) is 9.03. The van der Waals surface area contributed by atoms with Crippen LogP contribution in [0, 0.1) is 6.92 Å². The summed E-state index contributed by atoms with van der Waals surface area (Å²) in [6, 6.07) is 10.3. The second kappa shape index (κ2) is 8.21. The van der Waals surface area contributed by atoms with E-state index in [1.165, 1.54) is 52.7 Å². The highest BCUT2D eigenvalue weighted by molar-refractivity contribution is 7.92. The minimum Gasteiger partial charge on any atom is -0.296 e. The number of nitrogens with one attached hydrogen (secondary N) is 1. The van der Waals surface area contributed by atoms with Crippen LogP contribution in [-0.2, 0) is 17.1 Å². The van der Waals surface area contributed by atoms with Crippen LogP contribution < -0.4 is 9.62 Å². The largest absolute Gasteiger partial charge is 0.296 e. The number of aromatic nitrogens is 4. The van der Waals surface area contributed by atoms with Crippen molar-refractivity contribution in [1.82, 2.24) is 20.0 Å². The first-order valence-corrected chi connectivity index (χ1v) is 12.2. The number of carbonyl (C=O) groups is 1. The third-order valence-electron chi connectivity index (χ3n) is 4.51. The molecule has 160 valence electrons. The van der Waals surface area contributed by atoms with Gasteiger partial charge in [0.05, 0.1) is 16.0 Å². The standard InChI is InChI=1S/C19H18N6O3S3/c1-12-6-8-13(9-7-12)31(27,28)25(3)18-14(11-20-24(18)2)16(26)21-19-23-22-17(30-19)15-5-4-10-29-15/h4-11H,1-3H3,(H,21,23,26). The summed E-state index contributed by atoms with van der Waals surface area (Å²) in [5.41, 5.74) is 1.05. The van der Waals surface area contributed by atoms with Gasteiger partial charge in [-0.2, -0.15) is 5.10 Å². The van der Waals surface area contributed by atoms with Gasteiger partial charge in [-0.05, 0) is 30.5 Å². The number of amides is 1. The van der Waals surface area contributed by atoms with Crippen LogP contribution in [0.25, 0.3) is 9.88 Å². The number of thiophene rings is 1. The van der Waals surface area contributed by atoms with Gasteiger partial charge < -0.3 is 0 Å². The highest BCUT2D eigenvalue weighted by Gasteiger charge is 2.29. The smallest absolute Gasteiger partial charge is 0.265 e. The van der Waals surface area contributed by atoms with Crippen LogP contribution in [0.1, 0.15) is 15.9 Å². The lowest BCUT2D eigenvalue weighted by molar-refractivity contribution is 0.102. The molecule has 4 aromatic rings. The quantitative estimate of drug-likeness (QED) is 0.459. The van der Waals surface area contributed by atoms with Crippen LogP contribution in [0.5, 0.6) is 0 Å². The van der Waals surface area contributed by atoms with Crippen LogP contribution in [0.2, 0.25) is 0 Å². The van der Waals surface area contributed by atoms with E-state index in [1.807, 2.05) is 24.4 Å². The van der Waals surface area contributed by atoms with Gasteiger partial charge in [0.15, 0.2) is 10.8 Å². The molecule has 0 unspecified atom stereocenters. The predicted octanol–water partition coefficient (Wildman–Crippen LogP) is 3.39. The predicted molar refractivity (Wildman–Crippen MR) is 121 cm³/mol. The van der Waals surface area contributed by atoms with Gasteiger partial charge in [-0.3, -0.25) is 19.1 Å². The van der Waals surface area contributed by atoms with E-state index in [4.69, 9.17) is 0 Å². The first kappa shape index (κ1) is 21.2. The number of sulfonamides is 1. The van der Waals surface area contributed by atoms with Crippen molar-refractivity contribution in [3.8, 4) is 9.88 Å². The van der Waals surface area contributed by atoms with E-state index in [2.05, 4.69) is 20.6 Å². The molecular formula is C19H18N6O3S3. The van der Waals surface area contributed by atoms with E-state index < -0.39 is 15.9 Å². The summed E-state index contributed by atoms with van der Waals surface area (Å²) in [6.45, 7) is 1.88. The summed E-state index contributed by atoms with van der Waals surface area (Å²) in [6.07, 6.45) is 1.33. The van der Waals surface area contributed by atoms with E-state index in [1.54, 1.807) is 19.2 Å². The van der Waals surface area contributed by atoms with Crippen LogP contribution in [0.3, 0.4) is 0 Å². The Labute approximate surface area is 187 Å². The van der Waals surface area contributed by atoms with Gasteiger partial charge in [0.2, 0.25) is 5.13 Å². The molecule has 0 aliphatic rings. The lowest BCUT2D eigenvalue weighted by Crippen LogP contribution is -2.30. The number of hydrogen-bond acceptors (Lipinski definition) is 8. The number of aryl methyl sites for hydroxylation is 2. The Bertz CT molecular complexity index is 1320. The summed E-state index contributed by atoms with van der Waals surface area (Å²) in [4.78, 5) is 14.0. The molecule has 9 nitrogen and oxygen atoms in total. The fourth-order valence-electron chi connectivity index (χ4n) is 2.88. The zero-order chi connectivity index (χ0) is 22.2. The molecule has 12 heteroatoms. The normalized spacial score (nSPS) is 11.5. The van der Waals surface area contributed by atoms with Gasteiger partial charge in [-0.1, -0.05) is 35.1 Å². The second-order valence-corrected chi connectivity index (χ2v) is 10.5. The summed E-state index contributed by atoms with van der Waals surface area (Å²) < 4.78 is 28.6. The average molecular weight is 475 g/mol. The van der Waals surface area contributed by atoms with Gasteiger partial charge >= 0.3 is 0 Å². The first-order chi connectivity index (χ1) is 14.8. The fourth-order valence-corrected chi connectivity index (χ4v) is 5.66. The third-order valence-corrected chi connectivity index (χ3v) is 8.15. The lowest BCUT2D eigenvalue weighted by Gasteiger charge is -2.20. The molecule has 0 aliphatic heterocycles. The van der Waals surface area contributed by atoms with E-state index in [0.717, 1.165) is 14.7 Å². The molecule has 1 N–H and O–H groups in total. The maximum atomic E-state index is 13.1. The lowest BCUT2D eigenvalue weighted by atomic mass is 10.2. The molecule has 3 aromatic heterocycles. The molecule has 0 fully saturated rings. The maximum Gasteiger partial charge on any atom is 0.265 e. The highest BCUT2D eigenvalue weighted by Crippen LogP contribution is 2.31. The summed E-state index contributed by atoms with van der Waals surface area (Å²) >= 11 is 2.76. The number of benzene rings is 1. The zero-order valence-electron chi connectivity index (χ0n) is 16.8. The van der Waals surface area contributed by atoms with Gasteiger partial charge in [0.25, 0.3) is 15.9 Å². The van der Waals surface area contributed by atoms with Crippen molar-refractivity contribution in [2.45, 2.75) is 11.8 Å². The van der Waals surface area contributed by atoms with E-state index >= 15 is 0 Å². The minimum atomic E-state index is -3.89. The Hall–Kier alpha value is -3.09. The number of nitrogens with zero attached hydrogens (tertiary/aromatic N) is 5. The molecule has 0 atom stereocenters. The van der Waals surface area contributed by atoms with E-state index in [9.17, 15) is 13.2 Å². The minimum absolute atomic E-state index is 0.105. The third kappa shape index (κ3) is 4.09. The topological polar surface area (TPSA) is 110 Å². The summed E-state index contributed by atoms with van der Waals surface area (Å²) in [5.74, 6) is -0.385. The van der Waals surface area contributed by atoms with Gasteiger partial charge in [-0.25, -0.2) is 8.42 Å². The van der Waals surface area contributed by atoms with Crippen molar-refractivity contribution in [2.24, 2.45) is 7.05 Å². The Balaban J connectivity index is 1.61. The van der Waals surface area contributed by atoms with Crippen LogP contribution in [-0.4, -0.2) is 41.4 Å². The molecule has 0 saturated carbocycles. The monoisotopic (exact) mass is 474 g/mol. The number of anilines is 2. The van der Waals surface area contributed by atoms with Crippen molar-refractivity contribution in [2.75, 3.05) is 16.7 Å². The van der Waals surface area contributed by atoms with Crippen molar-refractivity contribution in [1.29, 1.82) is 0 Å². The molecule has 0 bridgehead atoms. The highest BCUT2D eigenvalue weighted by atomic mass is 32.2. The number of carbonyl (C=O) groups excluding carboxylic acids is 1. The fraction of sp³-hybridized carbons (Fsp3) is 0.158. The number of hydrogen-bond donors (Lipinski definition) is 1. The van der Waals surface area contributed by atoms with E-state index in [0.29, 0.717) is 10.1 Å². The molecule has 1 amide bonds. The molecule has 0 spiro atoms. The molecule has 31 heavy (non-hydrogen) atoms. The molecule has 4 rings (SSSR count). The summed E-state index contributed by atoms with van der Waals surface area (Å²) in [7, 11) is -0.919. The van der Waals surface area contributed by atoms with Crippen LogP contribution in [0.15, 0.2) is 52.9 Å². The molecule has 0 aliphatic carbocycles. The Morgan fingerprint density at radius 1 is 1.16 bits per heavy atom. The van der Waals surface area contributed by atoms with Crippen molar-refractivity contribution < 1.29 is 13.2 Å². The maximum absolute atomic E-state index is 13.1. The SMILES string of the molecule is Cc1ccc(S(=O)(=O)N(C)c2c(C(=O)Nc3nnc(-c4cccs4)s3)cnn2C)cc1. The van der Waals surface area contributed by atoms with Gasteiger partial charge in [0.1, 0.15) is 5.56 Å². The Morgan fingerprint density at radius 2 is 1.90 bits per heavy atom. The Kier molecular flexibility index (Phi) is 5.60. The van der Waals surface area contributed by atoms with Crippen molar-refractivity contribution >= 4 is 49.6 Å². The molecule has 3 heterocycles. The van der Waals surface area contributed by atoms with E-state index in [-0.39, 0.29) is 16.3 Å². The second-order valence-electron chi connectivity index (χ2n) is 6.63. The van der Waals surface area contributed by atoms with Gasteiger partial charge in [-0.15, -0.1) is 21.5 Å². The van der Waals surface area contributed by atoms with Crippen molar-refractivity contribution in [3.63, 3.8) is 0 Å². The van der Waals surface area contributed by atoms with Crippen LogP contribution in [0.4, 0.5) is 10.9 Å². The molecule has 0 radical (unpaired) electrons. The molecule has 1 aromatic carbocycles. The average Bonchev–Trinajstić information content (AvgIpc) is 3.48. The molecule has 0 saturated heterocycles. The summed E-state index contributed by atoms with van der Waals surface area (Å²) in [5, 5.41) is 17.8. The molecular weight excluding hydrogens is 456 g/mol. The van der Waals surface area contributed by atoms with Crippen LogP contribution >= 0.6 is 22.7 Å².